The molecule has 0 saturated carbocycles. The van der Waals surface area contributed by atoms with Crippen LogP contribution in [-0.4, -0.2) is 15.2 Å². The summed E-state index contributed by atoms with van der Waals surface area (Å²) in [5.41, 5.74) is 8.62. The molecule has 0 aliphatic heterocycles. The van der Waals surface area contributed by atoms with Crippen molar-refractivity contribution in [3.63, 3.8) is 0 Å². The number of nitrogen functional groups attached to an aromatic ring is 1. The molecule has 5 heteroatoms. The molecule has 0 saturated heterocycles. The van der Waals surface area contributed by atoms with Crippen molar-refractivity contribution in [2.45, 2.75) is 13.3 Å². The van der Waals surface area contributed by atoms with Gasteiger partial charge in [-0.1, -0.05) is 6.92 Å². The molecule has 4 nitrogen and oxygen atoms in total. The summed E-state index contributed by atoms with van der Waals surface area (Å²) in [6, 6.07) is 0. The molecular formula is C8H10N4S. The van der Waals surface area contributed by atoms with Crippen LogP contribution < -0.4 is 5.73 Å². The monoisotopic (exact) mass is 194 g/mol. The van der Waals surface area contributed by atoms with Crippen LogP contribution in [0, 0.1) is 0 Å². The van der Waals surface area contributed by atoms with E-state index >= 15 is 0 Å². The maximum Gasteiger partial charge on any atom is 0.180 e. The molecule has 0 aliphatic rings. The van der Waals surface area contributed by atoms with Crippen LogP contribution in [0.2, 0.25) is 0 Å². The van der Waals surface area contributed by atoms with Crippen molar-refractivity contribution in [1.82, 2.24) is 15.2 Å². The van der Waals surface area contributed by atoms with Gasteiger partial charge in [0.2, 0.25) is 0 Å². The van der Waals surface area contributed by atoms with E-state index in [1.54, 1.807) is 6.20 Å². The lowest BCUT2D eigenvalue weighted by molar-refractivity contribution is 0.975. The molecule has 68 valence electrons. The van der Waals surface area contributed by atoms with E-state index in [1.807, 2.05) is 5.38 Å². The van der Waals surface area contributed by atoms with Crippen LogP contribution in [0.1, 0.15) is 12.6 Å². The molecule has 0 amide bonds. The van der Waals surface area contributed by atoms with Crippen molar-refractivity contribution in [2.24, 2.45) is 0 Å². The van der Waals surface area contributed by atoms with E-state index in [-0.39, 0.29) is 0 Å². The van der Waals surface area contributed by atoms with Crippen molar-refractivity contribution in [1.29, 1.82) is 0 Å². The fraction of sp³-hybridized carbons (Fsp3) is 0.250. The standard InChI is InChI=1S/C8H10N4S/c1-2-6-5(3-10-12-6)7-4-13-8(9)11-7/h3-4H,2H2,1H3,(H2,9,11)(H,10,12). The highest BCUT2D eigenvalue weighted by molar-refractivity contribution is 7.13. The first-order valence-electron chi connectivity index (χ1n) is 4.05. The van der Waals surface area contributed by atoms with E-state index in [4.69, 9.17) is 5.73 Å². The van der Waals surface area contributed by atoms with Gasteiger partial charge in [0.25, 0.3) is 0 Å². The number of nitrogens with one attached hydrogen (secondary N) is 1. The Kier molecular flexibility index (Phi) is 2.02. The Morgan fingerprint density at radius 2 is 2.46 bits per heavy atom. The molecule has 0 bridgehead atoms. The highest BCUT2D eigenvalue weighted by atomic mass is 32.1. The van der Waals surface area contributed by atoms with Gasteiger partial charge in [-0.05, 0) is 6.42 Å². The topological polar surface area (TPSA) is 67.6 Å². The Bertz CT molecular complexity index is 404. The number of rotatable bonds is 2. The Morgan fingerprint density at radius 1 is 1.62 bits per heavy atom. The highest BCUT2D eigenvalue weighted by Crippen LogP contribution is 2.24. The fourth-order valence-electron chi connectivity index (χ4n) is 1.21. The number of nitrogens with two attached hydrogens (primary N) is 1. The first kappa shape index (κ1) is 8.25. The fourth-order valence-corrected chi connectivity index (χ4v) is 1.78. The zero-order valence-electron chi connectivity index (χ0n) is 7.24. The van der Waals surface area contributed by atoms with Crippen molar-refractivity contribution in [3.8, 4) is 11.3 Å². The average molecular weight is 194 g/mol. The van der Waals surface area contributed by atoms with Crippen molar-refractivity contribution in [3.05, 3.63) is 17.3 Å². The van der Waals surface area contributed by atoms with Crippen LogP contribution in [0.5, 0.6) is 0 Å². The van der Waals surface area contributed by atoms with E-state index in [0.29, 0.717) is 5.13 Å². The molecule has 2 rings (SSSR count). The number of hydrogen-bond donors (Lipinski definition) is 2. The highest BCUT2D eigenvalue weighted by Gasteiger charge is 2.08. The molecule has 2 aromatic rings. The SMILES string of the molecule is CCc1[nH]ncc1-c1csc(N)n1. The minimum atomic E-state index is 0.596. The largest absolute Gasteiger partial charge is 0.375 e. The summed E-state index contributed by atoms with van der Waals surface area (Å²) < 4.78 is 0. The molecule has 0 aliphatic carbocycles. The minimum Gasteiger partial charge on any atom is -0.375 e. The third-order valence-electron chi connectivity index (χ3n) is 1.87. The van der Waals surface area contributed by atoms with E-state index < -0.39 is 0 Å². The predicted molar refractivity (Wildman–Crippen MR) is 53.5 cm³/mol. The number of aryl methyl sites for hydroxylation is 1. The van der Waals surface area contributed by atoms with Crippen LogP contribution in [0.3, 0.4) is 0 Å². The maximum atomic E-state index is 5.55. The molecule has 0 fully saturated rings. The quantitative estimate of drug-likeness (QED) is 0.764. The second-order valence-electron chi connectivity index (χ2n) is 2.69. The molecule has 2 aromatic heterocycles. The van der Waals surface area contributed by atoms with Gasteiger partial charge in [0.1, 0.15) is 0 Å². The number of thiazole rings is 1. The molecule has 2 heterocycles. The lowest BCUT2D eigenvalue weighted by Gasteiger charge is -1.94. The molecule has 0 unspecified atom stereocenters. The summed E-state index contributed by atoms with van der Waals surface area (Å²) in [5.74, 6) is 0. The minimum absolute atomic E-state index is 0.596. The molecule has 3 N–H and O–H groups in total. The van der Waals surface area contributed by atoms with Crippen LogP contribution in [0.4, 0.5) is 5.13 Å². The number of aromatic nitrogens is 3. The molecule has 0 radical (unpaired) electrons. The van der Waals surface area contributed by atoms with Gasteiger partial charge in [0, 0.05) is 16.6 Å². The number of H-pyrrole nitrogens is 1. The second kappa shape index (κ2) is 3.18. The van der Waals surface area contributed by atoms with E-state index in [2.05, 4.69) is 22.1 Å². The maximum absolute atomic E-state index is 5.55. The summed E-state index contributed by atoms with van der Waals surface area (Å²) in [6.07, 6.45) is 2.71. The van der Waals surface area contributed by atoms with Crippen molar-refractivity contribution >= 4 is 16.5 Å². The molecule has 0 spiro atoms. The molecular weight excluding hydrogens is 184 g/mol. The van der Waals surface area contributed by atoms with E-state index in [1.165, 1.54) is 11.3 Å². The smallest absolute Gasteiger partial charge is 0.180 e. The Hall–Kier alpha value is -1.36. The average Bonchev–Trinajstić information content (AvgIpc) is 2.71. The third kappa shape index (κ3) is 1.42. The first-order chi connectivity index (χ1) is 6.31. The zero-order chi connectivity index (χ0) is 9.26. The van der Waals surface area contributed by atoms with Crippen molar-refractivity contribution < 1.29 is 0 Å². The van der Waals surface area contributed by atoms with Crippen LogP contribution in [-0.2, 0) is 6.42 Å². The number of hydrogen-bond acceptors (Lipinski definition) is 4. The Morgan fingerprint density at radius 3 is 3.08 bits per heavy atom. The Balaban J connectivity index is 2.45. The summed E-state index contributed by atoms with van der Waals surface area (Å²) in [4.78, 5) is 4.20. The third-order valence-corrected chi connectivity index (χ3v) is 2.54. The van der Waals surface area contributed by atoms with Gasteiger partial charge in [0.05, 0.1) is 11.9 Å². The number of nitrogens with zero attached hydrogens (tertiary/aromatic N) is 2. The lowest BCUT2D eigenvalue weighted by atomic mass is 10.2. The lowest BCUT2D eigenvalue weighted by Crippen LogP contribution is -1.86. The predicted octanol–water partition coefficient (Wildman–Crippen LogP) is 1.68. The van der Waals surface area contributed by atoms with Gasteiger partial charge in [-0.2, -0.15) is 5.10 Å². The normalized spacial score (nSPS) is 10.5. The second-order valence-corrected chi connectivity index (χ2v) is 3.58. The van der Waals surface area contributed by atoms with Crippen LogP contribution in [0.25, 0.3) is 11.3 Å². The van der Waals surface area contributed by atoms with Crippen molar-refractivity contribution in [2.75, 3.05) is 5.73 Å². The van der Waals surface area contributed by atoms with Gasteiger partial charge in [-0.15, -0.1) is 11.3 Å². The van der Waals surface area contributed by atoms with Crippen LogP contribution in [0.15, 0.2) is 11.6 Å². The zero-order valence-corrected chi connectivity index (χ0v) is 8.06. The molecule has 0 atom stereocenters. The van der Waals surface area contributed by atoms with E-state index in [0.717, 1.165) is 23.4 Å². The summed E-state index contributed by atoms with van der Waals surface area (Å²) in [5, 5.41) is 9.45. The van der Waals surface area contributed by atoms with Gasteiger partial charge in [-0.3, -0.25) is 5.10 Å². The molecule has 13 heavy (non-hydrogen) atoms. The summed E-state index contributed by atoms with van der Waals surface area (Å²) in [6.45, 7) is 2.08. The number of anilines is 1. The Labute approximate surface area is 79.8 Å². The summed E-state index contributed by atoms with van der Waals surface area (Å²) in [7, 11) is 0. The summed E-state index contributed by atoms with van der Waals surface area (Å²) >= 11 is 1.45. The van der Waals surface area contributed by atoms with Gasteiger partial charge in [0.15, 0.2) is 5.13 Å². The molecule has 0 aromatic carbocycles. The number of aromatic amines is 1. The van der Waals surface area contributed by atoms with Gasteiger partial charge >= 0.3 is 0 Å². The van der Waals surface area contributed by atoms with Crippen LogP contribution >= 0.6 is 11.3 Å². The van der Waals surface area contributed by atoms with E-state index in [9.17, 15) is 0 Å². The van der Waals surface area contributed by atoms with Gasteiger partial charge in [-0.25, -0.2) is 4.98 Å². The van der Waals surface area contributed by atoms with Gasteiger partial charge < -0.3 is 5.73 Å². The first-order valence-corrected chi connectivity index (χ1v) is 4.93.